The van der Waals surface area contributed by atoms with Crippen LogP contribution in [0.1, 0.15) is 11.3 Å². The molecule has 0 aliphatic heterocycles. The first-order valence-corrected chi connectivity index (χ1v) is 9.77. The maximum atomic E-state index is 12.5. The van der Waals surface area contributed by atoms with Crippen molar-refractivity contribution in [3.05, 3.63) is 58.4 Å². The van der Waals surface area contributed by atoms with Crippen LogP contribution in [0, 0.1) is 0 Å². The standard InChI is InChI=1S/C19H21N3OS2/c1-21(2)16-8-6-14(7-9-16)12-22(3)18(23)11-15-13-25-19(20-15)17-5-4-10-24-17/h4-10,13H,11-12H2,1-3H3. The number of benzene rings is 1. The van der Waals surface area contributed by atoms with Crippen molar-refractivity contribution < 1.29 is 4.79 Å². The number of likely N-dealkylation sites (N-methyl/N-ethyl adjacent to an activating group) is 1. The van der Waals surface area contributed by atoms with E-state index in [9.17, 15) is 4.79 Å². The minimum Gasteiger partial charge on any atom is -0.378 e. The average molecular weight is 372 g/mol. The van der Waals surface area contributed by atoms with Crippen molar-refractivity contribution in [2.45, 2.75) is 13.0 Å². The second-order valence-electron chi connectivity index (χ2n) is 6.11. The van der Waals surface area contributed by atoms with Crippen LogP contribution in [0.15, 0.2) is 47.2 Å². The summed E-state index contributed by atoms with van der Waals surface area (Å²) in [5.41, 5.74) is 3.12. The molecule has 0 saturated heterocycles. The van der Waals surface area contributed by atoms with Gasteiger partial charge in [-0.15, -0.1) is 22.7 Å². The van der Waals surface area contributed by atoms with Gasteiger partial charge >= 0.3 is 0 Å². The summed E-state index contributed by atoms with van der Waals surface area (Å²) in [7, 11) is 5.88. The molecule has 0 aliphatic carbocycles. The zero-order chi connectivity index (χ0) is 17.8. The monoisotopic (exact) mass is 371 g/mol. The maximum Gasteiger partial charge on any atom is 0.228 e. The second kappa shape index (κ2) is 7.80. The van der Waals surface area contributed by atoms with E-state index in [1.165, 1.54) is 0 Å². The molecule has 3 aromatic rings. The van der Waals surface area contributed by atoms with Crippen LogP contribution in [0.2, 0.25) is 0 Å². The highest BCUT2D eigenvalue weighted by atomic mass is 32.1. The second-order valence-corrected chi connectivity index (χ2v) is 7.91. The molecule has 0 saturated carbocycles. The summed E-state index contributed by atoms with van der Waals surface area (Å²) in [6.45, 7) is 0.606. The van der Waals surface area contributed by atoms with Gasteiger partial charge in [-0.05, 0) is 29.1 Å². The summed E-state index contributed by atoms with van der Waals surface area (Å²) in [4.78, 5) is 22.0. The van der Waals surface area contributed by atoms with Gasteiger partial charge in [0.25, 0.3) is 0 Å². The van der Waals surface area contributed by atoms with Gasteiger partial charge in [0.1, 0.15) is 5.01 Å². The number of aromatic nitrogens is 1. The minimum atomic E-state index is 0.0831. The first-order chi connectivity index (χ1) is 12.0. The van der Waals surface area contributed by atoms with Gasteiger partial charge in [0.05, 0.1) is 17.0 Å². The van der Waals surface area contributed by atoms with Crippen molar-refractivity contribution in [2.24, 2.45) is 0 Å². The third-order valence-electron chi connectivity index (χ3n) is 3.91. The van der Waals surface area contributed by atoms with Crippen molar-refractivity contribution in [1.29, 1.82) is 0 Å². The SMILES string of the molecule is CN(Cc1ccc(N(C)C)cc1)C(=O)Cc1csc(-c2cccs2)n1. The number of amides is 1. The van der Waals surface area contributed by atoms with Crippen LogP contribution in [-0.4, -0.2) is 36.9 Å². The molecule has 0 bridgehead atoms. The molecule has 0 fully saturated rings. The summed E-state index contributed by atoms with van der Waals surface area (Å²) < 4.78 is 0. The molecule has 0 N–H and O–H groups in total. The zero-order valence-electron chi connectivity index (χ0n) is 14.6. The lowest BCUT2D eigenvalue weighted by Gasteiger charge is -2.18. The Morgan fingerprint density at radius 3 is 2.48 bits per heavy atom. The molecule has 2 heterocycles. The van der Waals surface area contributed by atoms with Crippen LogP contribution in [-0.2, 0) is 17.8 Å². The summed E-state index contributed by atoms with van der Waals surface area (Å²) in [6, 6.07) is 12.3. The summed E-state index contributed by atoms with van der Waals surface area (Å²) in [5, 5.41) is 5.00. The van der Waals surface area contributed by atoms with E-state index >= 15 is 0 Å². The molecule has 130 valence electrons. The number of rotatable bonds is 6. The summed E-state index contributed by atoms with van der Waals surface area (Å²) in [5.74, 6) is 0.0831. The van der Waals surface area contributed by atoms with Crippen LogP contribution in [0.4, 0.5) is 5.69 Å². The number of carbonyl (C=O) groups excluding carboxylic acids is 1. The molecular weight excluding hydrogens is 350 g/mol. The van der Waals surface area contributed by atoms with Crippen molar-refractivity contribution >= 4 is 34.3 Å². The molecule has 0 aliphatic rings. The van der Waals surface area contributed by atoms with E-state index in [0.29, 0.717) is 13.0 Å². The number of hydrogen-bond acceptors (Lipinski definition) is 5. The predicted molar refractivity (Wildman–Crippen MR) is 106 cm³/mol. The van der Waals surface area contributed by atoms with Gasteiger partial charge in [-0.2, -0.15) is 0 Å². The highest BCUT2D eigenvalue weighted by Gasteiger charge is 2.13. The molecule has 3 rings (SSSR count). The quantitative estimate of drug-likeness (QED) is 0.653. The van der Waals surface area contributed by atoms with Crippen LogP contribution in [0.25, 0.3) is 9.88 Å². The van der Waals surface area contributed by atoms with E-state index in [0.717, 1.165) is 26.8 Å². The van der Waals surface area contributed by atoms with E-state index < -0.39 is 0 Å². The topological polar surface area (TPSA) is 36.4 Å². The normalized spacial score (nSPS) is 10.7. The molecule has 4 nitrogen and oxygen atoms in total. The molecule has 2 aromatic heterocycles. The molecular formula is C19H21N3OS2. The van der Waals surface area contributed by atoms with Gasteiger partial charge in [0.2, 0.25) is 5.91 Å². The highest BCUT2D eigenvalue weighted by Crippen LogP contribution is 2.28. The van der Waals surface area contributed by atoms with Gasteiger partial charge in [0, 0.05) is 38.8 Å². The molecule has 6 heteroatoms. The predicted octanol–water partition coefficient (Wildman–Crippen LogP) is 4.14. The number of nitrogens with zero attached hydrogens (tertiary/aromatic N) is 3. The van der Waals surface area contributed by atoms with Gasteiger partial charge in [-0.1, -0.05) is 18.2 Å². The fraction of sp³-hybridized carbons (Fsp3) is 0.263. The summed E-state index contributed by atoms with van der Waals surface area (Å²) >= 11 is 3.26. The number of anilines is 1. The van der Waals surface area contributed by atoms with Gasteiger partial charge in [0.15, 0.2) is 0 Å². The molecule has 1 amide bonds. The molecule has 0 unspecified atom stereocenters. The smallest absolute Gasteiger partial charge is 0.228 e. The van der Waals surface area contributed by atoms with Gasteiger partial charge in [-0.3, -0.25) is 4.79 Å². The van der Waals surface area contributed by atoms with E-state index in [1.807, 2.05) is 38.0 Å². The first kappa shape index (κ1) is 17.6. The molecule has 0 radical (unpaired) electrons. The lowest BCUT2D eigenvalue weighted by Crippen LogP contribution is -2.27. The Morgan fingerprint density at radius 1 is 1.08 bits per heavy atom. The first-order valence-electron chi connectivity index (χ1n) is 8.01. The zero-order valence-corrected chi connectivity index (χ0v) is 16.2. The van der Waals surface area contributed by atoms with Crippen molar-refractivity contribution in [3.63, 3.8) is 0 Å². The number of carbonyl (C=O) groups is 1. The van der Waals surface area contributed by atoms with Gasteiger partial charge in [-0.25, -0.2) is 4.98 Å². The fourth-order valence-electron chi connectivity index (χ4n) is 2.45. The van der Waals surface area contributed by atoms with Crippen molar-refractivity contribution in [3.8, 4) is 9.88 Å². The number of hydrogen-bond donors (Lipinski definition) is 0. The highest BCUT2D eigenvalue weighted by molar-refractivity contribution is 7.20. The van der Waals surface area contributed by atoms with Crippen molar-refractivity contribution in [1.82, 2.24) is 9.88 Å². The van der Waals surface area contributed by atoms with Gasteiger partial charge < -0.3 is 9.80 Å². The van der Waals surface area contributed by atoms with Crippen LogP contribution in [0.5, 0.6) is 0 Å². The Hall–Kier alpha value is -2.18. The lowest BCUT2D eigenvalue weighted by molar-refractivity contribution is -0.129. The third-order valence-corrected chi connectivity index (χ3v) is 5.84. The molecule has 0 atom stereocenters. The van der Waals surface area contributed by atoms with E-state index in [1.54, 1.807) is 27.6 Å². The molecule has 25 heavy (non-hydrogen) atoms. The average Bonchev–Trinajstić information content (AvgIpc) is 3.26. The Kier molecular flexibility index (Phi) is 5.50. The Labute approximate surface area is 156 Å². The van der Waals surface area contributed by atoms with E-state index in [4.69, 9.17) is 0 Å². The third kappa shape index (κ3) is 4.46. The van der Waals surface area contributed by atoms with Crippen LogP contribution >= 0.6 is 22.7 Å². The molecule has 0 spiro atoms. The molecule has 1 aromatic carbocycles. The number of thiophene rings is 1. The maximum absolute atomic E-state index is 12.5. The Morgan fingerprint density at radius 2 is 1.84 bits per heavy atom. The van der Waals surface area contributed by atoms with Crippen LogP contribution < -0.4 is 4.90 Å². The Balaban J connectivity index is 1.59. The number of thiazole rings is 1. The van der Waals surface area contributed by atoms with Crippen LogP contribution in [0.3, 0.4) is 0 Å². The Bertz CT molecular complexity index is 823. The van der Waals surface area contributed by atoms with Crippen molar-refractivity contribution in [2.75, 3.05) is 26.0 Å². The minimum absolute atomic E-state index is 0.0831. The summed E-state index contributed by atoms with van der Waals surface area (Å²) in [6.07, 6.45) is 0.341. The largest absolute Gasteiger partial charge is 0.378 e. The van der Waals surface area contributed by atoms with E-state index in [-0.39, 0.29) is 5.91 Å². The fourth-order valence-corrected chi connectivity index (χ4v) is 4.09. The lowest BCUT2D eigenvalue weighted by atomic mass is 10.2. The van der Waals surface area contributed by atoms with E-state index in [2.05, 4.69) is 40.2 Å².